The van der Waals surface area contributed by atoms with Crippen LogP contribution in [0.1, 0.15) is 31.0 Å². The van der Waals surface area contributed by atoms with Gasteiger partial charge >= 0.3 is 0 Å². The number of aryl methyl sites for hydroxylation is 1. The van der Waals surface area contributed by atoms with Gasteiger partial charge in [0.15, 0.2) is 0 Å². The Morgan fingerprint density at radius 2 is 1.86 bits per heavy atom. The Morgan fingerprint density at radius 1 is 1.18 bits per heavy atom. The minimum Gasteiger partial charge on any atom is -0.322 e. The molecule has 1 aromatic heterocycles. The van der Waals surface area contributed by atoms with Crippen LogP contribution < -0.4 is 10.6 Å². The molecule has 2 unspecified atom stereocenters. The molecule has 22 heavy (non-hydrogen) atoms. The summed E-state index contributed by atoms with van der Waals surface area (Å²) in [5.74, 6) is -0.702. The van der Waals surface area contributed by atoms with E-state index in [2.05, 4.69) is 15.6 Å². The monoisotopic (exact) mass is 301 g/mol. The molecule has 116 valence electrons. The molecular formula is C17H20FN3O. The summed E-state index contributed by atoms with van der Waals surface area (Å²) in [6, 6.07) is 8.05. The number of anilines is 1. The maximum absolute atomic E-state index is 13.8. The topological polar surface area (TPSA) is 54.0 Å². The second-order valence-electron chi connectivity index (χ2n) is 5.36. The average molecular weight is 301 g/mol. The maximum atomic E-state index is 13.8. The van der Waals surface area contributed by atoms with Gasteiger partial charge in [0.25, 0.3) is 0 Å². The lowest BCUT2D eigenvalue weighted by Crippen LogP contribution is -2.39. The van der Waals surface area contributed by atoms with Gasteiger partial charge in [-0.3, -0.25) is 15.1 Å². The lowest BCUT2D eigenvalue weighted by Gasteiger charge is -2.20. The van der Waals surface area contributed by atoms with E-state index in [4.69, 9.17) is 0 Å². The third-order valence-electron chi connectivity index (χ3n) is 3.48. The molecule has 0 radical (unpaired) electrons. The quantitative estimate of drug-likeness (QED) is 0.891. The summed E-state index contributed by atoms with van der Waals surface area (Å²) in [6.07, 6.45) is 3.42. The molecule has 2 rings (SSSR count). The van der Waals surface area contributed by atoms with E-state index in [-0.39, 0.29) is 17.6 Å². The van der Waals surface area contributed by atoms with E-state index in [9.17, 15) is 9.18 Å². The Balaban J connectivity index is 1.97. The van der Waals surface area contributed by atoms with Crippen molar-refractivity contribution in [3.05, 3.63) is 59.7 Å². The van der Waals surface area contributed by atoms with Crippen molar-refractivity contribution in [3.63, 3.8) is 0 Å². The van der Waals surface area contributed by atoms with Crippen LogP contribution in [0.2, 0.25) is 0 Å². The second-order valence-corrected chi connectivity index (χ2v) is 5.36. The van der Waals surface area contributed by atoms with Crippen LogP contribution >= 0.6 is 0 Å². The largest absolute Gasteiger partial charge is 0.322 e. The number of hydrogen-bond acceptors (Lipinski definition) is 3. The molecule has 0 fully saturated rings. The van der Waals surface area contributed by atoms with Crippen LogP contribution in [-0.2, 0) is 4.79 Å². The number of rotatable bonds is 5. The van der Waals surface area contributed by atoms with Crippen molar-refractivity contribution >= 4 is 11.6 Å². The average Bonchev–Trinajstić information content (AvgIpc) is 2.50. The molecule has 0 aliphatic carbocycles. The molecule has 0 saturated carbocycles. The second kappa shape index (κ2) is 7.13. The maximum Gasteiger partial charge on any atom is 0.241 e. The van der Waals surface area contributed by atoms with Crippen molar-refractivity contribution in [3.8, 4) is 0 Å². The Labute approximate surface area is 129 Å². The van der Waals surface area contributed by atoms with Crippen molar-refractivity contribution in [1.82, 2.24) is 10.3 Å². The molecule has 4 nitrogen and oxygen atoms in total. The highest BCUT2D eigenvalue weighted by Crippen LogP contribution is 2.16. The van der Waals surface area contributed by atoms with E-state index in [1.165, 1.54) is 6.07 Å². The molecule has 0 aliphatic rings. The van der Waals surface area contributed by atoms with E-state index < -0.39 is 11.9 Å². The molecule has 1 aromatic carbocycles. The van der Waals surface area contributed by atoms with E-state index >= 15 is 0 Å². The van der Waals surface area contributed by atoms with Gasteiger partial charge in [0.05, 0.1) is 11.7 Å². The summed E-state index contributed by atoms with van der Waals surface area (Å²) in [5, 5.41) is 5.79. The molecule has 5 heteroatoms. The van der Waals surface area contributed by atoms with Gasteiger partial charge in [-0.25, -0.2) is 4.39 Å². The van der Waals surface area contributed by atoms with Crippen LogP contribution in [0, 0.1) is 12.7 Å². The number of amides is 1. The molecule has 1 amide bonds. The fourth-order valence-electron chi connectivity index (χ4n) is 2.16. The van der Waals surface area contributed by atoms with Gasteiger partial charge in [-0.2, -0.15) is 0 Å². The zero-order chi connectivity index (χ0) is 16.1. The molecule has 2 N–H and O–H groups in total. The van der Waals surface area contributed by atoms with Crippen molar-refractivity contribution < 1.29 is 9.18 Å². The first-order valence-electron chi connectivity index (χ1n) is 7.20. The van der Waals surface area contributed by atoms with Crippen LogP contribution in [0.25, 0.3) is 0 Å². The summed E-state index contributed by atoms with van der Waals surface area (Å²) < 4.78 is 13.8. The number of nitrogens with one attached hydrogen (secondary N) is 2. The van der Waals surface area contributed by atoms with Crippen LogP contribution in [0.4, 0.5) is 10.1 Å². The molecule has 1 heterocycles. The van der Waals surface area contributed by atoms with Gasteiger partial charge in [0.2, 0.25) is 5.91 Å². The standard InChI is InChI=1S/C17H20FN3O/c1-11-4-5-16(15(18)10-11)21-17(22)13(3)20-12(2)14-6-8-19-9-7-14/h4-10,12-13,20H,1-3H3,(H,21,22). The molecule has 2 aromatic rings. The lowest BCUT2D eigenvalue weighted by atomic mass is 10.1. The summed E-state index contributed by atoms with van der Waals surface area (Å²) in [6.45, 7) is 5.51. The minimum atomic E-state index is -0.455. The number of hydrogen-bond donors (Lipinski definition) is 2. The van der Waals surface area contributed by atoms with E-state index in [1.54, 1.807) is 38.4 Å². The van der Waals surface area contributed by atoms with Crippen LogP contribution in [0.5, 0.6) is 0 Å². The van der Waals surface area contributed by atoms with Gasteiger partial charge in [-0.15, -0.1) is 0 Å². The third kappa shape index (κ3) is 4.11. The highest BCUT2D eigenvalue weighted by Gasteiger charge is 2.17. The number of carbonyl (C=O) groups excluding carboxylic acids is 1. The highest BCUT2D eigenvalue weighted by atomic mass is 19.1. The molecule has 0 spiro atoms. The van der Waals surface area contributed by atoms with Crippen LogP contribution in [0.15, 0.2) is 42.7 Å². The fraction of sp³-hybridized carbons (Fsp3) is 0.294. The first-order valence-corrected chi connectivity index (χ1v) is 7.20. The van der Waals surface area contributed by atoms with Crippen LogP contribution in [-0.4, -0.2) is 16.9 Å². The first kappa shape index (κ1) is 16.1. The predicted molar refractivity (Wildman–Crippen MR) is 85.0 cm³/mol. The van der Waals surface area contributed by atoms with Gasteiger partial charge < -0.3 is 5.32 Å². The molecule has 2 atom stereocenters. The van der Waals surface area contributed by atoms with Crippen molar-refractivity contribution in [1.29, 1.82) is 0 Å². The zero-order valence-corrected chi connectivity index (χ0v) is 12.9. The SMILES string of the molecule is Cc1ccc(NC(=O)C(C)NC(C)c2ccncc2)c(F)c1. The summed E-state index contributed by atoms with van der Waals surface area (Å²) in [7, 11) is 0. The fourth-order valence-corrected chi connectivity index (χ4v) is 2.16. The van der Waals surface area contributed by atoms with Gasteiger partial charge in [-0.05, 0) is 56.2 Å². The highest BCUT2D eigenvalue weighted by molar-refractivity contribution is 5.94. The van der Waals surface area contributed by atoms with Gasteiger partial charge in [0.1, 0.15) is 5.82 Å². The normalized spacial score (nSPS) is 13.5. The number of carbonyl (C=O) groups is 1. The molecule has 0 bridgehead atoms. The third-order valence-corrected chi connectivity index (χ3v) is 3.48. The number of benzene rings is 1. The van der Waals surface area contributed by atoms with E-state index in [0.29, 0.717) is 0 Å². The van der Waals surface area contributed by atoms with Crippen LogP contribution in [0.3, 0.4) is 0 Å². The predicted octanol–water partition coefficient (Wildman–Crippen LogP) is 3.21. The van der Waals surface area contributed by atoms with Crippen molar-refractivity contribution in [2.45, 2.75) is 32.9 Å². The van der Waals surface area contributed by atoms with Gasteiger partial charge in [-0.1, -0.05) is 6.07 Å². The molecular weight excluding hydrogens is 281 g/mol. The first-order chi connectivity index (χ1) is 10.5. The summed E-state index contributed by atoms with van der Waals surface area (Å²) in [4.78, 5) is 16.1. The van der Waals surface area contributed by atoms with E-state index in [1.807, 2.05) is 19.1 Å². The van der Waals surface area contributed by atoms with Gasteiger partial charge in [0, 0.05) is 18.4 Å². The number of halogens is 1. The lowest BCUT2D eigenvalue weighted by molar-refractivity contribution is -0.118. The zero-order valence-electron chi connectivity index (χ0n) is 12.9. The Hall–Kier alpha value is -2.27. The smallest absolute Gasteiger partial charge is 0.241 e. The van der Waals surface area contributed by atoms with Crippen molar-refractivity contribution in [2.24, 2.45) is 0 Å². The molecule has 0 saturated heterocycles. The Bertz CT molecular complexity index is 646. The molecule has 0 aliphatic heterocycles. The number of nitrogens with zero attached hydrogens (tertiary/aromatic N) is 1. The van der Waals surface area contributed by atoms with Crippen molar-refractivity contribution in [2.75, 3.05) is 5.32 Å². The minimum absolute atomic E-state index is 0.00776. The van der Waals surface area contributed by atoms with E-state index in [0.717, 1.165) is 11.1 Å². The number of aromatic nitrogens is 1. The Morgan fingerprint density at radius 3 is 2.50 bits per heavy atom. The number of pyridine rings is 1. The summed E-state index contributed by atoms with van der Waals surface area (Å²) in [5.41, 5.74) is 2.05. The Kier molecular flexibility index (Phi) is 5.22. The summed E-state index contributed by atoms with van der Waals surface area (Å²) >= 11 is 0.